The summed E-state index contributed by atoms with van der Waals surface area (Å²) in [6.07, 6.45) is 0.966. The fourth-order valence-corrected chi connectivity index (χ4v) is 2.77. The number of nitrogens with zero attached hydrogens (tertiary/aromatic N) is 5. The minimum absolute atomic E-state index is 0.0470. The van der Waals surface area contributed by atoms with Crippen LogP contribution in [0.5, 0.6) is 0 Å². The van der Waals surface area contributed by atoms with Crippen molar-refractivity contribution in [2.45, 2.75) is 50.2 Å². The highest BCUT2D eigenvalue weighted by atomic mass is 19.4. The van der Waals surface area contributed by atoms with Crippen molar-refractivity contribution in [1.82, 2.24) is 19.7 Å². The molecule has 25 heavy (non-hydrogen) atoms. The maximum absolute atomic E-state index is 13.1. The van der Waals surface area contributed by atoms with Crippen LogP contribution in [0.1, 0.15) is 48.6 Å². The number of hydrogen-bond donors (Lipinski definition) is 1. The summed E-state index contributed by atoms with van der Waals surface area (Å²) in [6.45, 7) is 1.76. The van der Waals surface area contributed by atoms with Crippen LogP contribution in [0.4, 0.5) is 24.8 Å². The number of halogens is 3. The summed E-state index contributed by atoms with van der Waals surface area (Å²) in [6, 6.07) is 2.25. The van der Waals surface area contributed by atoms with E-state index in [-0.39, 0.29) is 17.6 Å². The van der Waals surface area contributed by atoms with Crippen molar-refractivity contribution in [3.8, 4) is 6.07 Å². The monoisotopic (exact) mass is 348 g/mol. The van der Waals surface area contributed by atoms with E-state index in [1.807, 2.05) is 0 Å². The van der Waals surface area contributed by atoms with Gasteiger partial charge in [-0.15, -0.1) is 0 Å². The maximum Gasteiger partial charge on any atom is 0.419 e. The third-order valence-corrected chi connectivity index (χ3v) is 4.60. The molecule has 2 fully saturated rings. The van der Waals surface area contributed by atoms with Gasteiger partial charge in [-0.05, 0) is 32.6 Å². The highest BCUT2D eigenvalue weighted by Gasteiger charge is 2.46. The number of rotatable bonds is 4. The van der Waals surface area contributed by atoms with Gasteiger partial charge < -0.3 is 5.32 Å². The summed E-state index contributed by atoms with van der Waals surface area (Å²) in [5.74, 6) is -0.0447. The largest absolute Gasteiger partial charge is 0.419 e. The lowest BCUT2D eigenvalue weighted by Crippen LogP contribution is -2.14. The molecule has 2 aromatic rings. The zero-order valence-electron chi connectivity index (χ0n) is 13.4. The molecule has 0 spiro atoms. The first-order chi connectivity index (χ1) is 11.8. The molecule has 0 radical (unpaired) electrons. The van der Waals surface area contributed by atoms with Crippen LogP contribution in [-0.4, -0.2) is 19.7 Å². The lowest BCUT2D eigenvalue weighted by Gasteiger charge is -2.12. The Bertz CT molecular complexity index is 871. The number of hydrogen-bond acceptors (Lipinski definition) is 5. The Morgan fingerprint density at radius 2 is 2.08 bits per heavy atom. The summed E-state index contributed by atoms with van der Waals surface area (Å²) < 4.78 is 40.9. The summed E-state index contributed by atoms with van der Waals surface area (Å²) in [7, 11) is 0. The van der Waals surface area contributed by atoms with E-state index in [4.69, 9.17) is 0 Å². The number of aromatic nitrogens is 4. The van der Waals surface area contributed by atoms with Crippen molar-refractivity contribution in [2.75, 3.05) is 5.32 Å². The molecule has 2 saturated carbocycles. The zero-order chi connectivity index (χ0) is 17.8. The van der Waals surface area contributed by atoms with Gasteiger partial charge in [0.2, 0.25) is 5.95 Å². The average Bonchev–Trinajstić information content (AvgIpc) is 3.46. The Morgan fingerprint density at radius 3 is 2.64 bits per heavy atom. The summed E-state index contributed by atoms with van der Waals surface area (Å²) in [5.41, 5.74) is -0.0913. The van der Waals surface area contributed by atoms with Gasteiger partial charge in [0.25, 0.3) is 0 Å². The van der Waals surface area contributed by atoms with Crippen LogP contribution in [0, 0.1) is 18.3 Å². The standard InChI is InChI=1S/C16H15F3N6/c1-9-12(7-25(24-9)15(8-20)4-5-15)22-14-21-6-11(16(17,18)19)13(23-14)10-2-3-10/h6-7,10H,2-5H2,1H3,(H,21,22,23). The first-order valence-electron chi connectivity index (χ1n) is 8.01. The lowest BCUT2D eigenvalue weighted by molar-refractivity contribution is -0.138. The Hall–Kier alpha value is -2.63. The molecule has 0 aromatic carbocycles. The van der Waals surface area contributed by atoms with Crippen molar-refractivity contribution in [2.24, 2.45) is 0 Å². The van der Waals surface area contributed by atoms with E-state index in [0.717, 1.165) is 19.0 Å². The molecule has 6 nitrogen and oxygen atoms in total. The van der Waals surface area contributed by atoms with Crippen LogP contribution in [0.3, 0.4) is 0 Å². The molecule has 0 saturated heterocycles. The number of alkyl halides is 3. The molecule has 0 bridgehead atoms. The maximum atomic E-state index is 13.1. The van der Waals surface area contributed by atoms with Crippen LogP contribution in [0.25, 0.3) is 0 Å². The second-order valence-electron chi connectivity index (χ2n) is 6.61. The van der Waals surface area contributed by atoms with Crippen molar-refractivity contribution >= 4 is 11.6 Å². The predicted octanol–water partition coefficient (Wildman–Crippen LogP) is 3.63. The minimum Gasteiger partial charge on any atom is -0.321 e. The molecule has 2 aliphatic carbocycles. The molecule has 2 heterocycles. The smallest absolute Gasteiger partial charge is 0.321 e. The van der Waals surface area contributed by atoms with E-state index < -0.39 is 17.3 Å². The quantitative estimate of drug-likeness (QED) is 0.913. The summed E-state index contributed by atoms with van der Waals surface area (Å²) in [4.78, 5) is 7.92. The van der Waals surface area contributed by atoms with Crippen LogP contribution < -0.4 is 5.32 Å². The third kappa shape index (κ3) is 2.81. The van der Waals surface area contributed by atoms with Gasteiger partial charge in [-0.2, -0.15) is 23.5 Å². The Kier molecular flexibility index (Phi) is 3.29. The molecule has 0 unspecified atom stereocenters. The van der Waals surface area contributed by atoms with E-state index in [1.165, 1.54) is 0 Å². The number of anilines is 2. The van der Waals surface area contributed by atoms with E-state index >= 15 is 0 Å². The fourth-order valence-electron chi connectivity index (χ4n) is 2.77. The number of nitrogens with one attached hydrogen (secondary N) is 1. The van der Waals surface area contributed by atoms with Gasteiger partial charge in [0.1, 0.15) is 5.54 Å². The predicted molar refractivity (Wildman–Crippen MR) is 82.1 cm³/mol. The van der Waals surface area contributed by atoms with E-state index in [0.29, 0.717) is 24.2 Å². The SMILES string of the molecule is Cc1nn(C2(C#N)CC2)cc1Nc1ncc(C(F)(F)F)c(C2CC2)n1. The van der Waals surface area contributed by atoms with Crippen LogP contribution in [0.2, 0.25) is 0 Å². The Balaban J connectivity index is 1.64. The number of nitriles is 1. The van der Waals surface area contributed by atoms with Gasteiger partial charge in [0.15, 0.2) is 0 Å². The van der Waals surface area contributed by atoms with Gasteiger partial charge in [-0.1, -0.05) is 0 Å². The summed E-state index contributed by atoms with van der Waals surface area (Å²) in [5, 5.41) is 16.5. The van der Waals surface area contributed by atoms with Gasteiger partial charge in [-0.25, -0.2) is 14.6 Å². The normalized spacial score (nSPS) is 18.7. The van der Waals surface area contributed by atoms with E-state index in [1.54, 1.807) is 17.8 Å². The molecule has 1 N–H and O–H groups in total. The fraction of sp³-hybridized carbons (Fsp3) is 0.500. The van der Waals surface area contributed by atoms with Crippen molar-refractivity contribution in [3.63, 3.8) is 0 Å². The van der Waals surface area contributed by atoms with Crippen LogP contribution in [-0.2, 0) is 11.7 Å². The van der Waals surface area contributed by atoms with Gasteiger partial charge in [0.05, 0.1) is 34.9 Å². The molecule has 2 aromatic heterocycles. The van der Waals surface area contributed by atoms with Crippen molar-refractivity contribution in [1.29, 1.82) is 5.26 Å². The van der Waals surface area contributed by atoms with Crippen LogP contribution in [0.15, 0.2) is 12.4 Å². The van der Waals surface area contributed by atoms with E-state index in [9.17, 15) is 18.4 Å². The van der Waals surface area contributed by atoms with Gasteiger partial charge in [-0.3, -0.25) is 0 Å². The average molecular weight is 348 g/mol. The molecule has 0 amide bonds. The molecule has 0 aliphatic heterocycles. The van der Waals surface area contributed by atoms with Crippen LogP contribution >= 0.6 is 0 Å². The second kappa shape index (κ2) is 5.18. The molecule has 130 valence electrons. The molecular formula is C16H15F3N6. The first kappa shape index (κ1) is 15.9. The van der Waals surface area contributed by atoms with Crippen molar-refractivity contribution in [3.05, 3.63) is 29.3 Å². The Labute approximate surface area is 141 Å². The molecule has 4 rings (SSSR count). The minimum atomic E-state index is -4.46. The highest BCUT2D eigenvalue weighted by Crippen LogP contribution is 2.45. The van der Waals surface area contributed by atoms with E-state index in [2.05, 4.69) is 26.5 Å². The topological polar surface area (TPSA) is 79.4 Å². The molecule has 0 atom stereocenters. The first-order valence-corrected chi connectivity index (χ1v) is 8.01. The number of aryl methyl sites for hydroxylation is 1. The lowest BCUT2D eigenvalue weighted by atomic mass is 10.1. The second-order valence-corrected chi connectivity index (χ2v) is 6.61. The van der Waals surface area contributed by atoms with Crippen molar-refractivity contribution < 1.29 is 13.2 Å². The third-order valence-electron chi connectivity index (χ3n) is 4.60. The van der Waals surface area contributed by atoms with Gasteiger partial charge in [0, 0.05) is 12.1 Å². The highest BCUT2D eigenvalue weighted by molar-refractivity contribution is 5.56. The summed E-state index contributed by atoms with van der Waals surface area (Å²) >= 11 is 0. The molecule has 9 heteroatoms. The molecule has 2 aliphatic rings. The molecular weight excluding hydrogens is 333 g/mol. The zero-order valence-corrected chi connectivity index (χ0v) is 13.4. The van der Waals surface area contributed by atoms with Gasteiger partial charge >= 0.3 is 6.18 Å². The Morgan fingerprint density at radius 1 is 1.36 bits per heavy atom.